The van der Waals surface area contributed by atoms with E-state index in [9.17, 15) is 8.78 Å². The fourth-order valence-electron chi connectivity index (χ4n) is 3.62. The van der Waals surface area contributed by atoms with Gasteiger partial charge in [0.25, 0.3) is 5.89 Å². The summed E-state index contributed by atoms with van der Waals surface area (Å²) in [5.41, 5.74) is 4.22. The third-order valence-electron chi connectivity index (χ3n) is 5.07. The highest BCUT2D eigenvalue weighted by Crippen LogP contribution is 2.35. The van der Waals surface area contributed by atoms with Crippen LogP contribution >= 0.6 is 0 Å². The molecule has 0 spiro atoms. The lowest BCUT2D eigenvalue weighted by molar-refractivity contribution is 0.404. The van der Waals surface area contributed by atoms with Gasteiger partial charge in [-0.05, 0) is 37.1 Å². The first kappa shape index (κ1) is 19.1. The number of halogens is 2. The molecule has 0 aliphatic heterocycles. The van der Waals surface area contributed by atoms with Crippen LogP contribution in [0.25, 0.3) is 17.1 Å². The molecule has 1 aromatic heterocycles. The molecule has 0 amide bonds. The molecule has 3 aromatic rings. The monoisotopic (exact) mass is 397 g/mol. The van der Waals surface area contributed by atoms with E-state index >= 15 is 0 Å². The molecule has 1 saturated carbocycles. The summed E-state index contributed by atoms with van der Waals surface area (Å²) in [6, 6.07) is 12.6. The second-order valence-electron chi connectivity index (χ2n) is 6.92. The number of rotatable bonds is 6. The Kier molecular flexibility index (Phi) is 5.53. The number of hydrazine groups is 1. The summed E-state index contributed by atoms with van der Waals surface area (Å²) in [5.74, 6) is 5.32. The van der Waals surface area contributed by atoms with Crippen molar-refractivity contribution in [2.75, 3.05) is 5.32 Å². The second kappa shape index (κ2) is 8.40. The Morgan fingerprint density at radius 2 is 1.69 bits per heavy atom. The third-order valence-corrected chi connectivity index (χ3v) is 5.07. The summed E-state index contributed by atoms with van der Waals surface area (Å²) in [7, 11) is 0. The zero-order valence-electron chi connectivity index (χ0n) is 15.7. The molecule has 1 aliphatic rings. The molecule has 4 N–H and O–H groups in total. The van der Waals surface area contributed by atoms with Crippen LogP contribution in [-0.4, -0.2) is 10.1 Å². The van der Waals surface area contributed by atoms with E-state index in [0.717, 1.165) is 25.7 Å². The average Bonchev–Trinajstić information content (AvgIpc) is 3.42. The van der Waals surface area contributed by atoms with Crippen LogP contribution in [0, 0.1) is 17.6 Å². The zero-order chi connectivity index (χ0) is 20.2. The smallest absolute Gasteiger partial charge is 0.277 e. The molecule has 1 heterocycles. The van der Waals surface area contributed by atoms with E-state index in [4.69, 9.17) is 10.4 Å². The lowest BCUT2D eigenvalue weighted by atomic mass is 10.0. The minimum atomic E-state index is -0.452. The minimum Gasteiger partial charge on any atom is -0.354 e. The van der Waals surface area contributed by atoms with Crippen molar-refractivity contribution in [2.24, 2.45) is 11.8 Å². The second-order valence-corrected chi connectivity index (χ2v) is 6.92. The van der Waals surface area contributed by atoms with Gasteiger partial charge in [0.15, 0.2) is 0 Å². The molecule has 0 bridgehead atoms. The number of benzene rings is 2. The number of allylic oxidation sites excluding steroid dienone is 1. The SMILES string of the molecule is NN/C(=C(\Nc1ccccc1F)C1CCCC1)c1nc(-c2ccccc2F)no1. The van der Waals surface area contributed by atoms with Crippen molar-refractivity contribution in [2.45, 2.75) is 25.7 Å². The van der Waals surface area contributed by atoms with Gasteiger partial charge in [-0.25, -0.2) is 8.78 Å². The number of nitrogens with one attached hydrogen (secondary N) is 2. The molecule has 0 unspecified atom stereocenters. The fraction of sp³-hybridized carbons (Fsp3) is 0.238. The van der Waals surface area contributed by atoms with Gasteiger partial charge >= 0.3 is 0 Å². The van der Waals surface area contributed by atoms with Crippen molar-refractivity contribution in [1.82, 2.24) is 15.6 Å². The summed E-state index contributed by atoms with van der Waals surface area (Å²) in [5, 5.41) is 7.05. The van der Waals surface area contributed by atoms with Crippen LogP contribution < -0.4 is 16.6 Å². The first-order valence-electron chi connectivity index (χ1n) is 9.48. The van der Waals surface area contributed by atoms with E-state index in [-0.39, 0.29) is 29.0 Å². The lowest BCUT2D eigenvalue weighted by Gasteiger charge is -2.20. The molecule has 4 rings (SSSR count). The maximum absolute atomic E-state index is 14.2. The molecule has 8 heteroatoms. The normalized spacial score (nSPS) is 15.3. The van der Waals surface area contributed by atoms with Crippen LogP contribution in [0.15, 0.2) is 58.8 Å². The van der Waals surface area contributed by atoms with E-state index in [2.05, 4.69) is 20.9 Å². The predicted octanol–water partition coefficient (Wildman–Crippen LogP) is 4.45. The maximum atomic E-state index is 14.2. The zero-order valence-corrected chi connectivity index (χ0v) is 15.7. The van der Waals surface area contributed by atoms with Gasteiger partial charge < -0.3 is 15.3 Å². The molecule has 6 nitrogen and oxygen atoms in total. The summed E-state index contributed by atoms with van der Waals surface area (Å²) >= 11 is 0. The summed E-state index contributed by atoms with van der Waals surface area (Å²) in [6.07, 6.45) is 3.98. The van der Waals surface area contributed by atoms with Crippen LogP contribution in [0.4, 0.5) is 14.5 Å². The van der Waals surface area contributed by atoms with E-state index in [1.54, 1.807) is 36.4 Å². The van der Waals surface area contributed by atoms with Crippen LogP contribution in [0.1, 0.15) is 31.6 Å². The molecule has 29 heavy (non-hydrogen) atoms. The van der Waals surface area contributed by atoms with Gasteiger partial charge in [0.2, 0.25) is 5.82 Å². The fourth-order valence-corrected chi connectivity index (χ4v) is 3.62. The Morgan fingerprint density at radius 3 is 2.38 bits per heavy atom. The van der Waals surface area contributed by atoms with Crippen molar-refractivity contribution in [3.05, 3.63) is 71.8 Å². The van der Waals surface area contributed by atoms with Crippen LogP contribution in [-0.2, 0) is 0 Å². The van der Waals surface area contributed by atoms with Gasteiger partial charge in [-0.2, -0.15) is 4.98 Å². The largest absolute Gasteiger partial charge is 0.354 e. The van der Waals surface area contributed by atoms with E-state index < -0.39 is 5.82 Å². The van der Waals surface area contributed by atoms with Gasteiger partial charge in [0, 0.05) is 11.6 Å². The van der Waals surface area contributed by atoms with Gasteiger partial charge in [-0.15, -0.1) is 0 Å². The Balaban J connectivity index is 1.76. The minimum absolute atomic E-state index is 0.108. The highest BCUT2D eigenvalue weighted by molar-refractivity contribution is 5.68. The number of nitrogens with two attached hydrogens (primary N) is 1. The third kappa shape index (κ3) is 3.97. The Bertz CT molecular complexity index is 1030. The number of nitrogens with zero attached hydrogens (tertiary/aromatic N) is 2. The standard InChI is InChI=1S/C21H21F2N5O/c22-15-10-4-3-9-14(15)20-26-21(29-28-20)19(27-24)18(13-7-1-2-8-13)25-17-12-6-5-11-16(17)23/h3-6,9-13,25,27H,1-2,7-8,24H2/b19-18-. The Morgan fingerprint density at radius 1 is 1.00 bits per heavy atom. The molecule has 2 aromatic carbocycles. The molecule has 1 fully saturated rings. The Labute approximate surface area is 166 Å². The first-order valence-corrected chi connectivity index (χ1v) is 9.48. The van der Waals surface area contributed by atoms with Crippen molar-refractivity contribution in [3.8, 4) is 11.4 Å². The number of hydrogen-bond donors (Lipinski definition) is 3. The molecule has 0 atom stereocenters. The van der Waals surface area contributed by atoms with Crippen LogP contribution in [0.5, 0.6) is 0 Å². The quantitative estimate of drug-likeness (QED) is 0.421. The van der Waals surface area contributed by atoms with Gasteiger partial charge in [-0.3, -0.25) is 5.84 Å². The van der Waals surface area contributed by atoms with Crippen molar-refractivity contribution >= 4 is 11.4 Å². The number of aromatic nitrogens is 2. The number of anilines is 1. The topological polar surface area (TPSA) is 89.0 Å². The van der Waals surface area contributed by atoms with Gasteiger partial charge in [0.1, 0.15) is 17.3 Å². The first-order chi connectivity index (χ1) is 14.2. The van der Waals surface area contributed by atoms with E-state index in [0.29, 0.717) is 17.1 Å². The lowest BCUT2D eigenvalue weighted by Crippen LogP contribution is -2.26. The highest BCUT2D eigenvalue weighted by Gasteiger charge is 2.27. The summed E-state index contributed by atoms with van der Waals surface area (Å²) in [6.45, 7) is 0. The number of para-hydroxylation sites is 1. The summed E-state index contributed by atoms with van der Waals surface area (Å²) in [4.78, 5) is 4.32. The molecule has 150 valence electrons. The average molecular weight is 397 g/mol. The van der Waals surface area contributed by atoms with E-state index in [1.165, 1.54) is 12.1 Å². The summed E-state index contributed by atoms with van der Waals surface area (Å²) < 4.78 is 33.7. The Hall–Kier alpha value is -3.26. The molecular weight excluding hydrogens is 376 g/mol. The molecular formula is C21H21F2N5O. The number of hydrogen-bond acceptors (Lipinski definition) is 6. The van der Waals surface area contributed by atoms with Crippen molar-refractivity contribution in [1.29, 1.82) is 0 Å². The predicted molar refractivity (Wildman–Crippen MR) is 106 cm³/mol. The van der Waals surface area contributed by atoms with Gasteiger partial charge in [-0.1, -0.05) is 42.3 Å². The van der Waals surface area contributed by atoms with Crippen molar-refractivity contribution in [3.63, 3.8) is 0 Å². The van der Waals surface area contributed by atoms with Crippen LogP contribution in [0.3, 0.4) is 0 Å². The molecule has 0 saturated heterocycles. The highest BCUT2D eigenvalue weighted by atomic mass is 19.1. The maximum Gasteiger partial charge on any atom is 0.277 e. The van der Waals surface area contributed by atoms with E-state index in [1.807, 2.05) is 0 Å². The van der Waals surface area contributed by atoms with Gasteiger partial charge in [0.05, 0.1) is 11.3 Å². The van der Waals surface area contributed by atoms with Crippen molar-refractivity contribution < 1.29 is 13.3 Å². The molecule has 1 aliphatic carbocycles. The van der Waals surface area contributed by atoms with Crippen LogP contribution in [0.2, 0.25) is 0 Å². The molecule has 0 radical (unpaired) electrons.